The Labute approximate surface area is 121 Å². The third-order valence-electron chi connectivity index (χ3n) is 2.28. The maximum absolute atomic E-state index is 13.3. The standard InChI is InChI=1S/C12H12BrF4NO2/c1-7-4-8(13)9(14)5-10(7)18-11(19)2-3-20-6-12(15,16)17/h4-5H,2-3,6H2,1H3,(H,18,19). The largest absolute Gasteiger partial charge is 0.411 e. The molecule has 0 bridgehead atoms. The van der Waals surface area contributed by atoms with Crippen LogP contribution < -0.4 is 5.32 Å². The fourth-order valence-corrected chi connectivity index (χ4v) is 1.80. The number of ether oxygens (including phenoxy) is 1. The molecule has 112 valence electrons. The molecule has 1 aromatic carbocycles. The zero-order valence-corrected chi connectivity index (χ0v) is 12.1. The molecule has 1 amide bonds. The van der Waals surface area contributed by atoms with Gasteiger partial charge in [0.15, 0.2) is 0 Å². The Morgan fingerprint density at radius 3 is 2.65 bits per heavy atom. The molecule has 0 aliphatic heterocycles. The molecule has 1 aromatic rings. The van der Waals surface area contributed by atoms with Gasteiger partial charge in [0.1, 0.15) is 12.4 Å². The number of halogens is 5. The van der Waals surface area contributed by atoms with Crippen molar-refractivity contribution in [1.29, 1.82) is 0 Å². The summed E-state index contributed by atoms with van der Waals surface area (Å²) < 4.78 is 53.2. The molecule has 1 N–H and O–H groups in total. The van der Waals surface area contributed by atoms with Gasteiger partial charge in [0.2, 0.25) is 5.91 Å². The Morgan fingerprint density at radius 2 is 2.05 bits per heavy atom. The average Bonchev–Trinajstić information content (AvgIpc) is 2.30. The number of alkyl halides is 3. The summed E-state index contributed by atoms with van der Waals surface area (Å²) in [5.41, 5.74) is 0.898. The number of carbonyl (C=O) groups is 1. The molecule has 0 spiro atoms. The van der Waals surface area contributed by atoms with Gasteiger partial charge in [-0.05, 0) is 40.5 Å². The zero-order valence-electron chi connectivity index (χ0n) is 10.5. The van der Waals surface area contributed by atoms with Gasteiger partial charge in [-0.3, -0.25) is 4.79 Å². The van der Waals surface area contributed by atoms with E-state index in [-0.39, 0.29) is 23.2 Å². The second kappa shape index (κ2) is 7.03. The summed E-state index contributed by atoms with van der Waals surface area (Å²) in [6.45, 7) is -0.0877. The van der Waals surface area contributed by atoms with Gasteiger partial charge in [0.25, 0.3) is 0 Å². The van der Waals surface area contributed by atoms with Gasteiger partial charge < -0.3 is 10.1 Å². The normalized spacial score (nSPS) is 11.5. The highest BCUT2D eigenvalue weighted by Crippen LogP contribution is 2.24. The summed E-state index contributed by atoms with van der Waals surface area (Å²) in [5, 5.41) is 2.41. The molecule has 0 unspecified atom stereocenters. The minimum atomic E-state index is -4.41. The molecule has 1 rings (SSSR count). The first-order valence-electron chi connectivity index (χ1n) is 5.59. The van der Waals surface area contributed by atoms with E-state index in [2.05, 4.69) is 26.0 Å². The van der Waals surface area contributed by atoms with Crippen molar-refractivity contribution in [3.63, 3.8) is 0 Å². The summed E-state index contributed by atoms with van der Waals surface area (Å²) in [5.74, 6) is -1.09. The number of rotatable bonds is 5. The lowest BCUT2D eigenvalue weighted by atomic mass is 10.2. The maximum atomic E-state index is 13.3. The molecule has 0 saturated carbocycles. The van der Waals surface area contributed by atoms with Crippen LogP contribution in [0.5, 0.6) is 0 Å². The molecule has 0 aliphatic carbocycles. The van der Waals surface area contributed by atoms with Crippen LogP contribution in [0.1, 0.15) is 12.0 Å². The van der Waals surface area contributed by atoms with E-state index in [1.54, 1.807) is 6.92 Å². The van der Waals surface area contributed by atoms with Crippen molar-refractivity contribution in [1.82, 2.24) is 0 Å². The van der Waals surface area contributed by atoms with E-state index < -0.39 is 24.5 Å². The first-order valence-corrected chi connectivity index (χ1v) is 6.38. The molecule has 3 nitrogen and oxygen atoms in total. The quantitative estimate of drug-likeness (QED) is 0.642. The van der Waals surface area contributed by atoms with Gasteiger partial charge in [-0.1, -0.05) is 0 Å². The lowest BCUT2D eigenvalue weighted by Crippen LogP contribution is -2.20. The molecular weight excluding hydrogens is 346 g/mol. The molecule has 0 radical (unpaired) electrons. The van der Waals surface area contributed by atoms with E-state index in [9.17, 15) is 22.4 Å². The Hall–Kier alpha value is -1.15. The van der Waals surface area contributed by atoms with Crippen molar-refractivity contribution in [3.8, 4) is 0 Å². The van der Waals surface area contributed by atoms with E-state index >= 15 is 0 Å². The summed E-state index contributed by atoms with van der Waals surface area (Å²) in [7, 11) is 0. The molecule has 0 saturated heterocycles. The first kappa shape index (κ1) is 16.9. The van der Waals surface area contributed by atoms with Gasteiger partial charge in [-0.15, -0.1) is 0 Å². The molecule has 0 aliphatic rings. The number of nitrogens with one attached hydrogen (secondary N) is 1. The van der Waals surface area contributed by atoms with E-state index in [0.717, 1.165) is 6.07 Å². The Kier molecular flexibility index (Phi) is 5.94. The number of carbonyl (C=O) groups excluding carboxylic acids is 1. The highest BCUT2D eigenvalue weighted by atomic mass is 79.9. The molecule has 8 heteroatoms. The van der Waals surface area contributed by atoms with Gasteiger partial charge in [-0.25, -0.2) is 4.39 Å². The number of hydrogen-bond donors (Lipinski definition) is 1. The second-order valence-corrected chi connectivity index (χ2v) is 4.90. The lowest BCUT2D eigenvalue weighted by Gasteiger charge is -2.10. The third kappa shape index (κ3) is 5.87. The van der Waals surface area contributed by atoms with Crippen LogP contribution >= 0.6 is 15.9 Å². The van der Waals surface area contributed by atoms with Crippen molar-refractivity contribution < 1.29 is 27.1 Å². The van der Waals surface area contributed by atoms with Crippen LogP contribution in [-0.4, -0.2) is 25.3 Å². The second-order valence-electron chi connectivity index (χ2n) is 4.05. The predicted octanol–water partition coefficient (Wildman–Crippen LogP) is 3.80. The van der Waals surface area contributed by atoms with Gasteiger partial charge in [0.05, 0.1) is 17.5 Å². The summed E-state index contributed by atoms with van der Waals surface area (Å²) in [6, 6.07) is 2.62. The molecule has 0 fully saturated rings. The van der Waals surface area contributed by atoms with Crippen LogP contribution in [0.3, 0.4) is 0 Å². The van der Waals surface area contributed by atoms with Crippen molar-refractivity contribution in [2.24, 2.45) is 0 Å². The van der Waals surface area contributed by atoms with Crippen LogP contribution in [0.15, 0.2) is 16.6 Å². The minimum Gasteiger partial charge on any atom is -0.372 e. The number of amides is 1. The number of hydrogen-bond acceptors (Lipinski definition) is 2. The monoisotopic (exact) mass is 357 g/mol. The van der Waals surface area contributed by atoms with Crippen molar-refractivity contribution in [2.75, 3.05) is 18.5 Å². The summed E-state index contributed by atoms with van der Waals surface area (Å²) in [4.78, 5) is 11.5. The molecular formula is C12H12BrF4NO2. The maximum Gasteiger partial charge on any atom is 0.411 e. The van der Waals surface area contributed by atoms with E-state index in [4.69, 9.17) is 0 Å². The van der Waals surface area contributed by atoms with Crippen molar-refractivity contribution in [2.45, 2.75) is 19.5 Å². The van der Waals surface area contributed by atoms with Gasteiger partial charge in [-0.2, -0.15) is 13.2 Å². The highest BCUT2D eigenvalue weighted by molar-refractivity contribution is 9.10. The number of aryl methyl sites for hydroxylation is 1. The average molecular weight is 358 g/mol. The fraction of sp³-hybridized carbons (Fsp3) is 0.417. The van der Waals surface area contributed by atoms with Crippen LogP contribution in [0.4, 0.5) is 23.2 Å². The number of benzene rings is 1. The summed E-state index contributed by atoms with van der Waals surface area (Å²) in [6.07, 6.45) is -4.66. The van der Waals surface area contributed by atoms with E-state index in [1.165, 1.54) is 6.07 Å². The van der Waals surface area contributed by atoms with Crippen LogP contribution in [0, 0.1) is 12.7 Å². The predicted molar refractivity (Wildman–Crippen MR) is 69.0 cm³/mol. The Morgan fingerprint density at radius 1 is 1.40 bits per heavy atom. The van der Waals surface area contributed by atoms with Crippen molar-refractivity contribution in [3.05, 3.63) is 28.0 Å². The van der Waals surface area contributed by atoms with Crippen LogP contribution in [-0.2, 0) is 9.53 Å². The molecule has 0 aromatic heterocycles. The third-order valence-corrected chi connectivity index (χ3v) is 2.89. The van der Waals surface area contributed by atoms with E-state index in [1.807, 2.05) is 0 Å². The van der Waals surface area contributed by atoms with Gasteiger partial charge >= 0.3 is 6.18 Å². The first-order chi connectivity index (χ1) is 9.19. The highest BCUT2D eigenvalue weighted by Gasteiger charge is 2.27. The van der Waals surface area contributed by atoms with Crippen molar-refractivity contribution >= 4 is 27.5 Å². The fourth-order valence-electron chi connectivity index (χ4n) is 1.35. The SMILES string of the molecule is Cc1cc(Br)c(F)cc1NC(=O)CCOCC(F)(F)F. The Bertz CT molecular complexity index is 491. The topological polar surface area (TPSA) is 38.3 Å². The molecule has 0 heterocycles. The van der Waals surface area contributed by atoms with Crippen LogP contribution in [0.2, 0.25) is 0 Å². The van der Waals surface area contributed by atoms with E-state index in [0.29, 0.717) is 5.56 Å². The van der Waals surface area contributed by atoms with Crippen LogP contribution in [0.25, 0.3) is 0 Å². The number of anilines is 1. The summed E-state index contributed by atoms with van der Waals surface area (Å²) >= 11 is 3.00. The lowest BCUT2D eigenvalue weighted by molar-refractivity contribution is -0.174. The smallest absolute Gasteiger partial charge is 0.372 e. The zero-order chi connectivity index (χ0) is 15.3. The molecule has 0 atom stereocenters. The minimum absolute atomic E-state index is 0.243. The molecule has 20 heavy (non-hydrogen) atoms. The van der Waals surface area contributed by atoms with Gasteiger partial charge in [0, 0.05) is 5.69 Å². The Balaban J connectivity index is 2.45.